The third-order valence-electron chi connectivity index (χ3n) is 3.41. The summed E-state index contributed by atoms with van der Waals surface area (Å²) >= 11 is 6.81. The van der Waals surface area contributed by atoms with Crippen LogP contribution >= 0.6 is 22.9 Å². The molecule has 1 saturated heterocycles. The van der Waals surface area contributed by atoms with Crippen LogP contribution in [0, 0.1) is 0 Å². The van der Waals surface area contributed by atoms with Gasteiger partial charge in [0, 0.05) is 0 Å². The van der Waals surface area contributed by atoms with E-state index in [2.05, 4.69) is 10.1 Å². The third kappa shape index (κ3) is 4.64. The maximum absolute atomic E-state index is 12.4. The summed E-state index contributed by atoms with van der Waals surface area (Å²) in [7, 11) is -2.36. The molecule has 0 unspecified atom stereocenters. The largest absolute Gasteiger partial charge is 0.453 e. The fourth-order valence-corrected chi connectivity index (χ4v) is 5.30. The average Bonchev–Trinajstić information content (AvgIpc) is 2.95. The number of nitrogens with zero attached hydrogens (tertiary/aromatic N) is 1. The number of halogens is 1. The van der Waals surface area contributed by atoms with Gasteiger partial charge in [0.25, 0.3) is 15.9 Å². The van der Waals surface area contributed by atoms with Gasteiger partial charge in [0.2, 0.25) is 0 Å². The Kier molecular flexibility index (Phi) is 5.98. The van der Waals surface area contributed by atoms with Crippen LogP contribution in [0.2, 0.25) is 4.34 Å². The van der Waals surface area contributed by atoms with E-state index in [9.17, 15) is 18.0 Å². The van der Waals surface area contributed by atoms with Gasteiger partial charge in [0.05, 0.1) is 37.6 Å². The van der Waals surface area contributed by atoms with Gasteiger partial charge in [0.15, 0.2) is 6.54 Å². The van der Waals surface area contributed by atoms with Gasteiger partial charge in [-0.3, -0.25) is 10.1 Å². The monoisotopic (exact) mass is 382 g/mol. The molecule has 8 nitrogen and oxygen atoms in total. The van der Waals surface area contributed by atoms with Crippen LogP contribution in [0.25, 0.3) is 0 Å². The molecule has 1 aliphatic rings. The molecule has 0 aliphatic carbocycles. The molecule has 0 radical (unpaired) electrons. The number of hydrogen-bond acceptors (Lipinski definition) is 6. The minimum absolute atomic E-state index is 0.0911. The molecule has 0 atom stereocenters. The van der Waals surface area contributed by atoms with E-state index in [0.29, 0.717) is 30.5 Å². The van der Waals surface area contributed by atoms with Crippen molar-refractivity contribution in [1.29, 1.82) is 0 Å². The van der Waals surface area contributed by atoms with Crippen molar-refractivity contribution in [3.05, 3.63) is 16.5 Å². The number of alkyl carbamates (subject to hydrolysis) is 1. The van der Waals surface area contributed by atoms with Crippen molar-refractivity contribution in [1.82, 2.24) is 9.62 Å². The van der Waals surface area contributed by atoms with Crippen molar-refractivity contribution in [3.63, 3.8) is 0 Å². The SMILES string of the molecule is COC(=O)NC(=O)C[NH+]1CCN(S(=O)(=O)c2ccc(Cl)s2)CC1. The highest BCUT2D eigenvalue weighted by Crippen LogP contribution is 2.27. The van der Waals surface area contributed by atoms with Gasteiger partial charge in [0.1, 0.15) is 4.21 Å². The molecule has 11 heteroatoms. The molecule has 1 fully saturated rings. The summed E-state index contributed by atoms with van der Waals surface area (Å²) in [6, 6.07) is 3.04. The van der Waals surface area contributed by atoms with E-state index >= 15 is 0 Å². The molecule has 0 spiro atoms. The van der Waals surface area contributed by atoms with Crippen LogP contribution in [0.5, 0.6) is 0 Å². The Balaban J connectivity index is 1.89. The molecule has 1 aliphatic heterocycles. The van der Waals surface area contributed by atoms with Gasteiger partial charge in [-0.25, -0.2) is 13.2 Å². The first-order valence-corrected chi connectivity index (χ1v) is 9.43. The molecule has 1 aromatic rings. The van der Waals surface area contributed by atoms with Crippen LogP contribution in [-0.4, -0.2) is 64.6 Å². The van der Waals surface area contributed by atoms with Gasteiger partial charge in [-0.2, -0.15) is 4.31 Å². The van der Waals surface area contributed by atoms with Crippen LogP contribution < -0.4 is 10.2 Å². The van der Waals surface area contributed by atoms with Crippen molar-refractivity contribution in [2.45, 2.75) is 4.21 Å². The van der Waals surface area contributed by atoms with E-state index in [1.54, 1.807) is 6.07 Å². The molecule has 2 heterocycles. The maximum atomic E-state index is 12.4. The van der Waals surface area contributed by atoms with Crippen LogP contribution in [0.1, 0.15) is 0 Å². The van der Waals surface area contributed by atoms with Gasteiger partial charge >= 0.3 is 6.09 Å². The van der Waals surface area contributed by atoms with Gasteiger partial charge < -0.3 is 9.64 Å². The molecule has 0 aromatic carbocycles. The fourth-order valence-electron chi connectivity index (χ4n) is 2.22. The highest BCUT2D eigenvalue weighted by atomic mass is 35.5. The quantitative estimate of drug-likeness (QED) is 0.708. The molecule has 23 heavy (non-hydrogen) atoms. The highest BCUT2D eigenvalue weighted by molar-refractivity contribution is 7.91. The first-order valence-electron chi connectivity index (χ1n) is 6.80. The zero-order chi connectivity index (χ0) is 17.0. The maximum Gasteiger partial charge on any atom is 0.413 e. The van der Waals surface area contributed by atoms with Crippen molar-refractivity contribution >= 4 is 45.0 Å². The number of piperazine rings is 1. The Morgan fingerprint density at radius 2 is 2.04 bits per heavy atom. The number of sulfonamides is 1. The predicted octanol–water partition coefficient (Wildman–Crippen LogP) is -0.827. The number of carbonyl (C=O) groups excluding carboxylic acids is 2. The lowest BCUT2D eigenvalue weighted by Crippen LogP contribution is -3.15. The number of imide groups is 1. The Bertz CT molecular complexity index is 683. The van der Waals surface area contributed by atoms with E-state index < -0.39 is 22.0 Å². The first-order chi connectivity index (χ1) is 10.8. The first kappa shape index (κ1) is 18.1. The predicted molar refractivity (Wildman–Crippen MR) is 84.2 cm³/mol. The molecule has 2 amide bonds. The number of carbonyl (C=O) groups is 2. The normalized spacial score (nSPS) is 17.0. The van der Waals surface area contributed by atoms with E-state index in [1.165, 1.54) is 17.5 Å². The third-order valence-corrected chi connectivity index (χ3v) is 7.01. The zero-order valence-electron chi connectivity index (χ0n) is 12.4. The topological polar surface area (TPSA) is 97.2 Å². The average molecular weight is 383 g/mol. The summed E-state index contributed by atoms with van der Waals surface area (Å²) in [5.74, 6) is -0.451. The molecule has 2 rings (SSSR count). The van der Waals surface area contributed by atoms with E-state index in [0.717, 1.165) is 16.2 Å². The smallest absolute Gasteiger partial charge is 0.413 e. The number of amides is 2. The van der Waals surface area contributed by atoms with Crippen molar-refractivity contribution in [2.75, 3.05) is 39.8 Å². The second kappa shape index (κ2) is 7.58. The Hall–Kier alpha value is -1.20. The number of methoxy groups -OCH3 is 1. The number of quaternary nitrogens is 1. The molecular weight excluding hydrogens is 366 g/mol. The lowest BCUT2D eigenvalue weighted by molar-refractivity contribution is -0.895. The minimum Gasteiger partial charge on any atom is -0.453 e. The summed E-state index contributed by atoms with van der Waals surface area (Å²) in [6.45, 7) is 1.66. The molecule has 2 N–H and O–H groups in total. The van der Waals surface area contributed by atoms with Crippen molar-refractivity contribution in [2.24, 2.45) is 0 Å². The zero-order valence-corrected chi connectivity index (χ0v) is 14.8. The molecule has 1 aromatic heterocycles. The number of rotatable bonds is 4. The van der Waals surface area contributed by atoms with E-state index in [-0.39, 0.29) is 10.8 Å². The second-order valence-electron chi connectivity index (χ2n) is 4.93. The standard InChI is InChI=1S/C12H16ClN3O5S2/c1-21-12(18)14-10(17)8-15-4-6-16(7-5-15)23(19,20)11-3-2-9(13)22-11/h2-3H,4-8H2,1H3,(H,14,17,18)/p+1. The molecule has 0 saturated carbocycles. The fraction of sp³-hybridized carbons (Fsp3) is 0.500. The molecule has 0 bridgehead atoms. The summed E-state index contributed by atoms with van der Waals surface area (Å²) in [4.78, 5) is 23.5. The van der Waals surface area contributed by atoms with Crippen LogP contribution in [0.3, 0.4) is 0 Å². The molecular formula is C12H17ClN3O5S2+. The van der Waals surface area contributed by atoms with Gasteiger partial charge in [-0.05, 0) is 12.1 Å². The summed E-state index contributed by atoms with van der Waals surface area (Å²) in [6.07, 6.45) is -0.801. The lowest BCUT2D eigenvalue weighted by Gasteiger charge is -2.30. The number of ether oxygens (including phenoxy) is 1. The van der Waals surface area contributed by atoms with E-state index in [1.807, 2.05) is 0 Å². The number of thiophene rings is 1. The number of hydrogen-bond donors (Lipinski definition) is 2. The van der Waals surface area contributed by atoms with Crippen LogP contribution in [0.4, 0.5) is 4.79 Å². The summed E-state index contributed by atoms with van der Waals surface area (Å²) < 4.78 is 31.3. The van der Waals surface area contributed by atoms with Gasteiger partial charge in [-0.1, -0.05) is 11.6 Å². The van der Waals surface area contributed by atoms with Gasteiger partial charge in [-0.15, -0.1) is 11.3 Å². The Morgan fingerprint density at radius 3 is 2.57 bits per heavy atom. The van der Waals surface area contributed by atoms with E-state index in [4.69, 9.17) is 11.6 Å². The number of nitrogens with one attached hydrogen (secondary N) is 2. The Morgan fingerprint density at radius 1 is 1.39 bits per heavy atom. The van der Waals surface area contributed by atoms with Crippen LogP contribution in [-0.2, 0) is 19.6 Å². The Labute approximate surface area is 143 Å². The highest BCUT2D eigenvalue weighted by Gasteiger charge is 2.32. The van der Waals surface area contributed by atoms with Crippen molar-refractivity contribution in [3.8, 4) is 0 Å². The van der Waals surface area contributed by atoms with Crippen LogP contribution in [0.15, 0.2) is 16.3 Å². The second-order valence-corrected chi connectivity index (χ2v) is 8.81. The molecule has 128 valence electrons. The summed E-state index contributed by atoms with van der Waals surface area (Å²) in [5, 5.41) is 2.08. The lowest BCUT2D eigenvalue weighted by atomic mass is 10.3. The van der Waals surface area contributed by atoms with Crippen molar-refractivity contribution < 1.29 is 27.6 Å². The summed E-state index contributed by atoms with van der Waals surface area (Å²) in [5.41, 5.74) is 0. The minimum atomic E-state index is -3.54.